The number of nitrogens with zero attached hydrogens (tertiary/aromatic N) is 3. The van der Waals surface area contributed by atoms with Gasteiger partial charge in [-0.05, 0) is 55.3 Å². The Morgan fingerprint density at radius 3 is 2.34 bits per heavy atom. The zero-order chi connectivity index (χ0) is 22.9. The van der Waals surface area contributed by atoms with Crippen LogP contribution in [0.3, 0.4) is 0 Å². The van der Waals surface area contributed by atoms with Crippen molar-refractivity contribution in [2.75, 3.05) is 44.2 Å². The van der Waals surface area contributed by atoms with Crippen molar-refractivity contribution in [1.82, 2.24) is 9.21 Å². The minimum absolute atomic E-state index is 0.0270. The lowest BCUT2D eigenvalue weighted by Crippen LogP contribution is -2.53. The van der Waals surface area contributed by atoms with E-state index in [0.717, 1.165) is 5.69 Å². The van der Waals surface area contributed by atoms with Gasteiger partial charge in [0.15, 0.2) is 0 Å². The molecule has 0 spiro atoms. The Balaban J connectivity index is 1.41. The van der Waals surface area contributed by atoms with Crippen molar-refractivity contribution in [2.45, 2.75) is 17.7 Å². The number of sulfonamides is 1. The van der Waals surface area contributed by atoms with Crippen LogP contribution in [0.1, 0.15) is 12.8 Å². The van der Waals surface area contributed by atoms with Crippen LogP contribution in [0.4, 0.5) is 10.1 Å². The second kappa shape index (κ2) is 9.55. The Morgan fingerprint density at radius 2 is 1.66 bits per heavy atom. The van der Waals surface area contributed by atoms with Crippen LogP contribution in [0.2, 0.25) is 10.0 Å². The summed E-state index contributed by atoms with van der Waals surface area (Å²) in [7, 11) is -3.85. The molecule has 2 heterocycles. The highest BCUT2D eigenvalue weighted by Gasteiger charge is 2.36. The summed E-state index contributed by atoms with van der Waals surface area (Å²) in [5.74, 6) is -0.701. The SMILES string of the molecule is O=C([C@@H]1CCCN(S(=O)(=O)c2cc(Cl)ccc2Cl)C1)N1CCN(c2ccc(F)cc2)CC1. The van der Waals surface area contributed by atoms with Crippen molar-refractivity contribution in [3.8, 4) is 0 Å². The number of anilines is 1. The van der Waals surface area contributed by atoms with Gasteiger partial charge in [-0.25, -0.2) is 12.8 Å². The highest BCUT2D eigenvalue weighted by molar-refractivity contribution is 7.89. The van der Waals surface area contributed by atoms with E-state index in [4.69, 9.17) is 23.2 Å². The first-order valence-electron chi connectivity index (χ1n) is 10.5. The molecule has 2 fully saturated rings. The summed E-state index contributed by atoms with van der Waals surface area (Å²) in [4.78, 5) is 17.0. The van der Waals surface area contributed by atoms with Gasteiger partial charge in [-0.15, -0.1) is 0 Å². The summed E-state index contributed by atoms with van der Waals surface area (Å²) < 4.78 is 40.8. The van der Waals surface area contributed by atoms with E-state index >= 15 is 0 Å². The molecule has 0 saturated carbocycles. The maximum Gasteiger partial charge on any atom is 0.244 e. The number of carbonyl (C=O) groups is 1. The maximum absolute atomic E-state index is 13.2. The molecule has 32 heavy (non-hydrogen) atoms. The molecule has 2 saturated heterocycles. The molecule has 0 radical (unpaired) electrons. The number of carbonyl (C=O) groups excluding carboxylic acids is 1. The quantitative estimate of drug-likeness (QED) is 0.640. The van der Waals surface area contributed by atoms with E-state index in [-0.39, 0.29) is 33.2 Å². The number of halogens is 3. The summed E-state index contributed by atoms with van der Waals surface area (Å²) in [5, 5.41) is 0.399. The maximum atomic E-state index is 13.2. The zero-order valence-corrected chi connectivity index (χ0v) is 19.7. The van der Waals surface area contributed by atoms with Crippen molar-refractivity contribution in [3.63, 3.8) is 0 Å². The van der Waals surface area contributed by atoms with Crippen LogP contribution in [0, 0.1) is 11.7 Å². The first-order chi connectivity index (χ1) is 15.3. The van der Waals surface area contributed by atoms with Crippen LogP contribution < -0.4 is 4.90 Å². The molecule has 1 atom stereocenters. The van der Waals surface area contributed by atoms with Crippen molar-refractivity contribution in [1.29, 1.82) is 0 Å². The van der Waals surface area contributed by atoms with Crippen LogP contribution in [0.25, 0.3) is 0 Å². The minimum atomic E-state index is -3.85. The van der Waals surface area contributed by atoms with E-state index in [1.807, 2.05) is 0 Å². The number of benzene rings is 2. The van der Waals surface area contributed by atoms with Crippen LogP contribution in [-0.2, 0) is 14.8 Å². The number of rotatable bonds is 4. The first-order valence-corrected chi connectivity index (χ1v) is 12.7. The van der Waals surface area contributed by atoms with Gasteiger partial charge in [-0.3, -0.25) is 4.79 Å². The molecule has 1 amide bonds. The molecule has 6 nitrogen and oxygen atoms in total. The predicted molar refractivity (Wildman–Crippen MR) is 123 cm³/mol. The molecule has 0 aliphatic carbocycles. The first kappa shape index (κ1) is 23.3. The highest BCUT2D eigenvalue weighted by Crippen LogP contribution is 2.31. The lowest BCUT2D eigenvalue weighted by atomic mass is 9.97. The molecular weight excluding hydrogens is 476 g/mol. The van der Waals surface area contributed by atoms with Crippen molar-refractivity contribution >= 4 is 44.8 Å². The molecule has 2 aromatic rings. The van der Waals surface area contributed by atoms with Gasteiger partial charge in [-0.1, -0.05) is 23.2 Å². The lowest BCUT2D eigenvalue weighted by Gasteiger charge is -2.39. The molecule has 2 aliphatic heterocycles. The van der Waals surface area contributed by atoms with Crippen LogP contribution in [0.5, 0.6) is 0 Å². The number of hydrogen-bond donors (Lipinski definition) is 0. The van der Waals surface area contributed by atoms with Gasteiger partial charge in [0.1, 0.15) is 10.7 Å². The molecule has 0 aromatic heterocycles. The van der Waals surface area contributed by atoms with Gasteiger partial charge in [-0.2, -0.15) is 4.31 Å². The molecule has 0 bridgehead atoms. The van der Waals surface area contributed by atoms with Crippen molar-refractivity contribution in [3.05, 3.63) is 58.3 Å². The molecule has 2 aliphatic rings. The number of piperidine rings is 1. The fourth-order valence-electron chi connectivity index (χ4n) is 4.27. The molecule has 0 N–H and O–H groups in total. The Hall–Kier alpha value is -1.87. The van der Waals surface area contributed by atoms with Gasteiger partial charge in [0.2, 0.25) is 15.9 Å². The zero-order valence-electron chi connectivity index (χ0n) is 17.4. The lowest BCUT2D eigenvalue weighted by molar-refractivity contribution is -0.137. The number of piperazine rings is 1. The fourth-order valence-corrected chi connectivity index (χ4v) is 6.53. The largest absolute Gasteiger partial charge is 0.368 e. The average molecular weight is 500 g/mol. The molecular formula is C22H24Cl2FN3O3S. The predicted octanol–water partition coefficient (Wildman–Crippen LogP) is 3.88. The topological polar surface area (TPSA) is 60.9 Å². The highest BCUT2D eigenvalue weighted by atomic mass is 35.5. The van der Waals surface area contributed by atoms with E-state index in [9.17, 15) is 17.6 Å². The fraction of sp³-hybridized carbons (Fsp3) is 0.409. The third-order valence-electron chi connectivity index (χ3n) is 6.03. The monoisotopic (exact) mass is 499 g/mol. The third kappa shape index (κ3) is 4.88. The van der Waals surface area contributed by atoms with E-state index in [1.54, 1.807) is 17.0 Å². The summed E-state index contributed by atoms with van der Waals surface area (Å²) in [5.41, 5.74) is 0.923. The summed E-state index contributed by atoms with van der Waals surface area (Å²) in [6.07, 6.45) is 1.25. The second-order valence-electron chi connectivity index (χ2n) is 8.07. The summed E-state index contributed by atoms with van der Waals surface area (Å²) in [6.45, 7) is 2.84. The second-order valence-corrected chi connectivity index (χ2v) is 10.8. The molecule has 172 valence electrons. The van der Waals surface area contributed by atoms with Crippen LogP contribution in [0.15, 0.2) is 47.4 Å². The molecule has 10 heteroatoms. The van der Waals surface area contributed by atoms with Crippen LogP contribution >= 0.6 is 23.2 Å². The third-order valence-corrected chi connectivity index (χ3v) is 8.61. The van der Waals surface area contributed by atoms with Crippen LogP contribution in [-0.4, -0.2) is 62.8 Å². The summed E-state index contributed by atoms with van der Waals surface area (Å²) >= 11 is 12.1. The standard InChI is InChI=1S/C22H24Cl2FN3O3S/c23-17-3-8-20(24)21(14-17)32(30,31)28-9-1-2-16(15-28)22(29)27-12-10-26(11-13-27)19-6-4-18(25)5-7-19/h3-8,14,16H,1-2,9-13,15H2/t16-/m1/s1. The number of amides is 1. The Morgan fingerprint density at radius 1 is 0.969 bits per heavy atom. The van der Waals surface area contributed by atoms with E-state index in [2.05, 4.69) is 4.90 Å². The van der Waals surface area contributed by atoms with E-state index < -0.39 is 15.9 Å². The Labute approximate surface area is 197 Å². The minimum Gasteiger partial charge on any atom is -0.368 e. The molecule has 2 aromatic carbocycles. The molecule has 0 unspecified atom stereocenters. The van der Waals surface area contributed by atoms with Crippen molar-refractivity contribution < 1.29 is 17.6 Å². The Bertz CT molecular complexity index is 1090. The Kier molecular flexibility index (Phi) is 6.95. The van der Waals surface area contributed by atoms with E-state index in [0.29, 0.717) is 45.6 Å². The van der Waals surface area contributed by atoms with Gasteiger partial charge in [0.05, 0.1) is 10.9 Å². The normalized spacial score (nSPS) is 20.4. The average Bonchev–Trinajstić information content (AvgIpc) is 2.81. The molecule has 4 rings (SSSR count). The van der Waals surface area contributed by atoms with Gasteiger partial charge in [0.25, 0.3) is 0 Å². The smallest absolute Gasteiger partial charge is 0.244 e. The van der Waals surface area contributed by atoms with Gasteiger partial charge in [0, 0.05) is 50.0 Å². The van der Waals surface area contributed by atoms with Gasteiger partial charge < -0.3 is 9.80 Å². The van der Waals surface area contributed by atoms with E-state index in [1.165, 1.54) is 34.6 Å². The number of hydrogen-bond acceptors (Lipinski definition) is 4. The van der Waals surface area contributed by atoms with Gasteiger partial charge >= 0.3 is 0 Å². The summed E-state index contributed by atoms with van der Waals surface area (Å²) in [6, 6.07) is 10.7. The van der Waals surface area contributed by atoms with Crippen molar-refractivity contribution in [2.24, 2.45) is 5.92 Å².